The van der Waals surface area contributed by atoms with Gasteiger partial charge in [-0.2, -0.15) is 0 Å². The summed E-state index contributed by atoms with van der Waals surface area (Å²) in [6.07, 6.45) is 1.36. The van der Waals surface area contributed by atoms with E-state index in [0.717, 1.165) is 4.90 Å². The molecule has 0 aromatic heterocycles. The summed E-state index contributed by atoms with van der Waals surface area (Å²) in [4.78, 5) is 65.5. The van der Waals surface area contributed by atoms with E-state index in [9.17, 15) is 28.4 Å². The smallest absolute Gasteiger partial charge is 0.272 e. The predicted molar refractivity (Wildman–Crippen MR) is 167 cm³/mol. The molecular weight excluding hydrogens is 581 g/mol. The molecule has 5 rings (SSSR count). The van der Waals surface area contributed by atoms with Crippen molar-refractivity contribution in [3.05, 3.63) is 131 Å². The summed E-state index contributed by atoms with van der Waals surface area (Å²) in [6.45, 7) is 1.44. The van der Waals surface area contributed by atoms with Gasteiger partial charge in [0.05, 0.1) is 10.9 Å². The second-order valence-electron chi connectivity index (χ2n) is 9.90. The van der Waals surface area contributed by atoms with Gasteiger partial charge < -0.3 is 10.6 Å². The number of Topliss-reactive ketones (excluding diaryl/α,β-unsaturated/α-hetero) is 1. The van der Waals surface area contributed by atoms with E-state index in [1.54, 1.807) is 84.9 Å². The first-order valence-corrected chi connectivity index (χ1v) is 14.5. The summed E-state index contributed by atoms with van der Waals surface area (Å²) in [7, 11) is 0. The minimum Gasteiger partial charge on any atom is -0.321 e. The number of rotatable bonds is 9. The Morgan fingerprint density at radius 1 is 0.864 bits per heavy atom. The van der Waals surface area contributed by atoms with Gasteiger partial charge in [-0.3, -0.25) is 24.0 Å². The molecule has 10 heteroatoms. The average molecular weight is 608 g/mol. The number of halogens is 1. The van der Waals surface area contributed by atoms with Gasteiger partial charge in [0, 0.05) is 28.1 Å². The van der Waals surface area contributed by atoms with E-state index in [2.05, 4.69) is 10.6 Å². The van der Waals surface area contributed by atoms with Crippen LogP contribution in [0.25, 0.3) is 6.08 Å². The molecule has 1 fully saturated rings. The lowest BCUT2D eigenvalue weighted by Crippen LogP contribution is -2.31. The minimum atomic E-state index is -0.686. The molecule has 1 saturated heterocycles. The van der Waals surface area contributed by atoms with Gasteiger partial charge in [0.1, 0.15) is 11.5 Å². The van der Waals surface area contributed by atoms with Crippen LogP contribution < -0.4 is 15.5 Å². The standard InChI is InChI=1S/C34H26FN3O5S/c1-21(39)23-13-15-27(16-14-23)38-31(40)20-30(34(38)43)44-28-12-6-11-26(19-28)36-33(42)29(18-22-7-5-10-25(35)17-22)37-32(41)24-8-3-2-4-9-24/h2-19,30H,20H2,1H3,(H,36,42)(H,37,41)/b29-18-/t30-/m1/s1. The highest BCUT2D eigenvalue weighted by molar-refractivity contribution is 8.00. The van der Waals surface area contributed by atoms with Crippen LogP contribution in [0, 0.1) is 5.82 Å². The molecule has 4 aromatic rings. The highest BCUT2D eigenvalue weighted by Gasteiger charge is 2.40. The Labute approximate surface area is 257 Å². The third-order valence-electron chi connectivity index (χ3n) is 6.70. The van der Waals surface area contributed by atoms with Gasteiger partial charge in [-0.05, 0) is 85.3 Å². The zero-order chi connectivity index (χ0) is 31.2. The van der Waals surface area contributed by atoms with E-state index in [1.807, 2.05) is 0 Å². The number of hydrogen-bond acceptors (Lipinski definition) is 6. The lowest BCUT2D eigenvalue weighted by Gasteiger charge is -2.15. The fourth-order valence-electron chi connectivity index (χ4n) is 4.53. The monoisotopic (exact) mass is 607 g/mol. The third kappa shape index (κ3) is 7.16. The molecule has 0 spiro atoms. The van der Waals surface area contributed by atoms with Gasteiger partial charge in [0.15, 0.2) is 5.78 Å². The molecular formula is C34H26FN3O5S. The van der Waals surface area contributed by atoms with E-state index < -0.39 is 22.9 Å². The lowest BCUT2D eigenvalue weighted by atomic mass is 10.1. The maximum absolute atomic E-state index is 13.8. The van der Waals surface area contributed by atoms with E-state index in [-0.39, 0.29) is 29.7 Å². The number of anilines is 2. The van der Waals surface area contributed by atoms with Crippen LogP contribution in [0.5, 0.6) is 0 Å². The number of carbonyl (C=O) groups excluding carboxylic acids is 5. The second kappa shape index (κ2) is 13.3. The number of nitrogens with zero attached hydrogens (tertiary/aromatic N) is 1. The Balaban J connectivity index is 1.31. The normalized spacial score (nSPS) is 14.8. The van der Waals surface area contributed by atoms with Crippen molar-refractivity contribution in [3.8, 4) is 0 Å². The molecule has 4 aromatic carbocycles. The molecule has 1 aliphatic heterocycles. The van der Waals surface area contributed by atoms with Gasteiger partial charge >= 0.3 is 0 Å². The number of hydrogen-bond donors (Lipinski definition) is 2. The Hall–Kier alpha value is -5.35. The first kappa shape index (κ1) is 30.1. The summed E-state index contributed by atoms with van der Waals surface area (Å²) in [5, 5.41) is 4.67. The van der Waals surface area contributed by atoms with Crippen molar-refractivity contribution in [2.75, 3.05) is 10.2 Å². The highest BCUT2D eigenvalue weighted by atomic mass is 32.2. The number of amides is 4. The maximum atomic E-state index is 13.8. The topological polar surface area (TPSA) is 113 Å². The van der Waals surface area contributed by atoms with Crippen LogP contribution in [0.4, 0.5) is 15.8 Å². The van der Waals surface area contributed by atoms with Crippen molar-refractivity contribution in [2.24, 2.45) is 0 Å². The molecule has 44 heavy (non-hydrogen) atoms. The quantitative estimate of drug-likeness (QED) is 0.140. The number of carbonyl (C=O) groups is 5. The zero-order valence-electron chi connectivity index (χ0n) is 23.5. The largest absolute Gasteiger partial charge is 0.321 e. The van der Waals surface area contributed by atoms with Crippen molar-refractivity contribution >= 4 is 58.6 Å². The molecule has 1 heterocycles. The Morgan fingerprint density at radius 3 is 2.30 bits per heavy atom. The summed E-state index contributed by atoms with van der Waals surface area (Å²) in [5.41, 5.74) is 1.86. The molecule has 0 bridgehead atoms. The van der Waals surface area contributed by atoms with Crippen LogP contribution in [0.15, 0.2) is 114 Å². The van der Waals surface area contributed by atoms with Crippen LogP contribution >= 0.6 is 11.8 Å². The first-order valence-electron chi connectivity index (χ1n) is 13.6. The Kier molecular flexibility index (Phi) is 9.11. The zero-order valence-corrected chi connectivity index (χ0v) is 24.3. The van der Waals surface area contributed by atoms with Crippen molar-refractivity contribution in [3.63, 3.8) is 0 Å². The van der Waals surface area contributed by atoms with E-state index in [4.69, 9.17) is 0 Å². The van der Waals surface area contributed by atoms with Gasteiger partial charge in [-0.15, -0.1) is 11.8 Å². The maximum Gasteiger partial charge on any atom is 0.272 e. The summed E-state index contributed by atoms with van der Waals surface area (Å²) >= 11 is 1.19. The molecule has 1 aliphatic rings. The van der Waals surface area contributed by atoms with Gasteiger partial charge in [0.2, 0.25) is 11.8 Å². The molecule has 0 radical (unpaired) electrons. The number of thioether (sulfide) groups is 1. The number of imide groups is 1. The molecule has 0 saturated carbocycles. The fourth-order valence-corrected chi connectivity index (χ4v) is 5.64. The Bertz CT molecular complexity index is 1790. The van der Waals surface area contributed by atoms with Crippen LogP contribution in [0.3, 0.4) is 0 Å². The van der Waals surface area contributed by atoms with Crippen LogP contribution in [-0.2, 0) is 14.4 Å². The molecule has 8 nitrogen and oxygen atoms in total. The molecule has 220 valence electrons. The molecule has 4 amide bonds. The van der Waals surface area contributed by atoms with Crippen LogP contribution in [-0.4, -0.2) is 34.7 Å². The summed E-state index contributed by atoms with van der Waals surface area (Å²) in [5.74, 6) is -2.51. The highest BCUT2D eigenvalue weighted by Crippen LogP contribution is 2.35. The molecule has 0 unspecified atom stereocenters. The van der Waals surface area contributed by atoms with Crippen LogP contribution in [0.1, 0.15) is 39.6 Å². The SMILES string of the molecule is CC(=O)c1ccc(N2C(=O)C[C@@H](Sc3cccc(NC(=O)/C(=C/c4cccc(F)c4)NC(=O)c4ccccc4)c3)C2=O)cc1. The van der Waals surface area contributed by atoms with E-state index >= 15 is 0 Å². The first-order chi connectivity index (χ1) is 21.2. The Morgan fingerprint density at radius 2 is 1.59 bits per heavy atom. The number of nitrogens with one attached hydrogen (secondary N) is 2. The van der Waals surface area contributed by atoms with Crippen molar-refractivity contribution in [1.29, 1.82) is 0 Å². The second-order valence-corrected chi connectivity index (χ2v) is 11.2. The van der Waals surface area contributed by atoms with Crippen molar-refractivity contribution < 1.29 is 28.4 Å². The summed E-state index contributed by atoms with van der Waals surface area (Å²) in [6, 6.07) is 27.0. The van der Waals surface area contributed by atoms with Crippen molar-refractivity contribution in [2.45, 2.75) is 23.5 Å². The molecule has 0 aliphatic carbocycles. The predicted octanol–water partition coefficient (Wildman–Crippen LogP) is 5.86. The third-order valence-corrected chi connectivity index (χ3v) is 7.87. The molecule has 2 N–H and O–H groups in total. The minimum absolute atomic E-state index is 0.0133. The number of ketones is 1. The average Bonchev–Trinajstić information content (AvgIpc) is 3.29. The van der Waals surface area contributed by atoms with Gasteiger partial charge in [0.25, 0.3) is 11.8 Å². The van der Waals surface area contributed by atoms with E-state index in [0.29, 0.717) is 33.0 Å². The lowest BCUT2D eigenvalue weighted by molar-refractivity contribution is -0.121. The number of benzene rings is 4. The fraction of sp³-hybridized carbons (Fsp3) is 0.0882. The van der Waals surface area contributed by atoms with E-state index in [1.165, 1.54) is 43.0 Å². The molecule has 1 atom stereocenters. The summed E-state index contributed by atoms with van der Waals surface area (Å²) < 4.78 is 13.8. The van der Waals surface area contributed by atoms with Crippen molar-refractivity contribution in [1.82, 2.24) is 5.32 Å². The van der Waals surface area contributed by atoms with Crippen LogP contribution in [0.2, 0.25) is 0 Å². The van der Waals surface area contributed by atoms with Gasteiger partial charge in [-0.25, -0.2) is 9.29 Å². The van der Waals surface area contributed by atoms with Gasteiger partial charge in [-0.1, -0.05) is 36.4 Å².